The second kappa shape index (κ2) is 7.12. The quantitative estimate of drug-likeness (QED) is 0.822. The molecule has 104 valence electrons. The van der Waals surface area contributed by atoms with Gasteiger partial charge in [-0.2, -0.15) is 0 Å². The number of amides is 1. The lowest BCUT2D eigenvalue weighted by atomic mass is 9.86. The lowest BCUT2D eigenvalue weighted by molar-refractivity contribution is -0.124. The number of carbonyl (C=O) groups is 1. The lowest BCUT2D eigenvalue weighted by Gasteiger charge is -2.29. The van der Waals surface area contributed by atoms with Crippen molar-refractivity contribution in [3.05, 3.63) is 27.8 Å². The van der Waals surface area contributed by atoms with Crippen molar-refractivity contribution in [3.8, 4) is 5.75 Å². The van der Waals surface area contributed by atoms with E-state index in [1.165, 1.54) is 19.3 Å². The predicted molar refractivity (Wildman–Crippen MR) is 84.2 cm³/mol. The Morgan fingerprint density at radius 1 is 1.37 bits per heavy atom. The first-order chi connectivity index (χ1) is 9.16. The van der Waals surface area contributed by atoms with E-state index in [-0.39, 0.29) is 12.5 Å². The van der Waals surface area contributed by atoms with E-state index in [2.05, 4.69) is 34.8 Å². The van der Waals surface area contributed by atoms with E-state index < -0.39 is 0 Å². The molecular formula is C15H20INO2. The lowest BCUT2D eigenvalue weighted by Crippen LogP contribution is -2.43. The van der Waals surface area contributed by atoms with Gasteiger partial charge in [0.2, 0.25) is 0 Å². The Bertz CT molecular complexity index is 436. The van der Waals surface area contributed by atoms with E-state index in [9.17, 15) is 4.79 Å². The van der Waals surface area contributed by atoms with Crippen LogP contribution in [-0.2, 0) is 4.79 Å². The van der Waals surface area contributed by atoms with Gasteiger partial charge in [0.25, 0.3) is 5.91 Å². The molecule has 1 saturated carbocycles. The first-order valence-electron chi connectivity index (χ1n) is 6.83. The molecule has 0 aromatic heterocycles. The van der Waals surface area contributed by atoms with Gasteiger partial charge in [-0.25, -0.2) is 0 Å². The average Bonchev–Trinajstić information content (AvgIpc) is 2.40. The van der Waals surface area contributed by atoms with Gasteiger partial charge in [0, 0.05) is 6.04 Å². The number of halogens is 1. The smallest absolute Gasteiger partial charge is 0.258 e. The summed E-state index contributed by atoms with van der Waals surface area (Å²) in [5.41, 5.74) is 0. The largest absolute Gasteiger partial charge is 0.483 e. The number of rotatable bonds is 4. The third-order valence-corrected chi connectivity index (χ3v) is 4.54. The molecule has 19 heavy (non-hydrogen) atoms. The van der Waals surface area contributed by atoms with E-state index in [0.717, 1.165) is 15.7 Å². The third-order valence-electron chi connectivity index (χ3n) is 3.65. The second-order valence-corrected chi connectivity index (χ2v) is 6.32. The minimum absolute atomic E-state index is 0.0154. The fourth-order valence-electron chi connectivity index (χ4n) is 2.48. The zero-order chi connectivity index (χ0) is 13.7. The van der Waals surface area contributed by atoms with Crippen molar-refractivity contribution in [1.82, 2.24) is 5.32 Å². The molecule has 0 aliphatic heterocycles. The number of hydrogen-bond donors (Lipinski definition) is 1. The molecule has 2 rings (SSSR count). The maximum absolute atomic E-state index is 11.9. The van der Waals surface area contributed by atoms with Crippen LogP contribution in [0.4, 0.5) is 0 Å². The van der Waals surface area contributed by atoms with Crippen LogP contribution in [0.15, 0.2) is 24.3 Å². The Kier molecular flexibility index (Phi) is 5.48. The summed E-state index contributed by atoms with van der Waals surface area (Å²) in [6.45, 7) is 2.31. The van der Waals surface area contributed by atoms with Crippen LogP contribution in [0, 0.1) is 9.49 Å². The Morgan fingerprint density at radius 3 is 2.84 bits per heavy atom. The van der Waals surface area contributed by atoms with E-state index in [0.29, 0.717) is 12.0 Å². The van der Waals surface area contributed by atoms with Crippen LogP contribution >= 0.6 is 22.6 Å². The maximum atomic E-state index is 11.9. The van der Waals surface area contributed by atoms with Gasteiger partial charge in [-0.15, -0.1) is 0 Å². The van der Waals surface area contributed by atoms with Crippen LogP contribution in [0.3, 0.4) is 0 Å². The molecule has 1 aromatic rings. The molecule has 1 N–H and O–H groups in total. The van der Waals surface area contributed by atoms with Crippen molar-refractivity contribution in [2.75, 3.05) is 6.61 Å². The molecule has 1 amide bonds. The molecule has 0 bridgehead atoms. The standard InChI is InChI=1S/C15H20INO2/c1-11-6-2-4-8-13(11)17-15(18)10-19-14-9-5-3-7-12(14)16/h3,5,7,9,11,13H,2,4,6,8,10H2,1H3,(H,17,18). The van der Waals surface area contributed by atoms with Crippen molar-refractivity contribution >= 4 is 28.5 Å². The van der Waals surface area contributed by atoms with Crippen LogP contribution in [0.2, 0.25) is 0 Å². The summed E-state index contributed by atoms with van der Waals surface area (Å²) >= 11 is 2.21. The fraction of sp³-hybridized carbons (Fsp3) is 0.533. The topological polar surface area (TPSA) is 38.3 Å². The Balaban J connectivity index is 1.80. The third kappa shape index (κ3) is 4.37. The van der Waals surface area contributed by atoms with Crippen LogP contribution in [-0.4, -0.2) is 18.6 Å². The minimum Gasteiger partial charge on any atom is -0.483 e. The highest BCUT2D eigenvalue weighted by molar-refractivity contribution is 14.1. The highest BCUT2D eigenvalue weighted by Crippen LogP contribution is 2.24. The van der Waals surface area contributed by atoms with Gasteiger partial charge in [0.05, 0.1) is 3.57 Å². The number of benzene rings is 1. The summed E-state index contributed by atoms with van der Waals surface area (Å²) in [4.78, 5) is 11.9. The van der Waals surface area contributed by atoms with E-state index in [1.54, 1.807) is 0 Å². The van der Waals surface area contributed by atoms with Crippen molar-refractivity contribution < 1.29 is 9.53 Å². The van der Waals surface area contributed by atoms with Crippen LogP contribution in [0.5, 0.6) is 5.75 Å². The molecule has 3 nitrogen and oxygen atoms in total. The zero-order valence-electron chi connectivity index (χ0n) is 11.2. The zero-order valence-corrected chi connectivity index (χ0v) is 13.4. The predicted octanol–water partition coefficient (Wildman–Crippen LogP) is 3.36. The summed E-state index contributed by atoms with van der Waals surface area (Å²) < 4.78 is 6.58. The fourth-order valence-corrected chi connectivity index (χ4v) is 3.03. The Hall–Kier alpha value is -0.780. The molecule has 0 spiro atoms. The summed E-state index contributed by atoms with van der Waals surface area (Å²) in [5, 5.41) is 3.09. The van der Waals surface area contributed by atoms with Crippen LogP contribution in [0.25, 0.3) is 0 Å². The SMILES string of the molecule is CC1CCCCC1NC(=O)COc1ccccc1I. The number of hydrogen-bond acceptors (Lipinski definition) is 2. The van der Waals surface area contributed by atoms with Gasteiger partial charge in [0.1, 0.15) is 5.75 Å². The molecule has 0 heterocycles. The van der Waals surface area contributed by atoms with Gasteiger partial charge < -0.3 is 10.1 Å². The summed E-state index contributed by atoms with van der Waals surface area (Å²) in [5.74, 6) is 1.34. The summed E-state index contributed by atoms with van der Waals surface area (Å²) in [6, 6.07) is 8.05. The average molecular weight is 373 g/mol. The van der Waals surface area contributed by atoms with Gasteiger partial charge in [-0.05, 0) is 53.5 Å². The molecule has 1 aliphatic rings. The van der Waals surface area contributed by atoms with Gasteiger partial charge >= 0.3 is 0 Å². The second-order valence-electron chi connectivity index (χ2n) is 5.15. The molecule has 0 saturated heterocycles. The van der Waals surface area contributed by atoms with E-state index >= 15 is 0 Å². The number of para-hydroxylation sites is 1. The number of ether oxygens (including phenoxy) is 1. The Morgan fingerprint density at radius 2 is 2.11 bits per heavy atom. The first-order valence-corrected chi connectivity index (χ1v) is 7.91. The maximum Gasteiger partial charge on any atom is 0.258 e. The highest BCUT2D eigenvalue weighted by atomic mass is 127. The van der Waals surface area contributed by atoms with Gasteiger partial charge in [0.15, 0.2) is 6.61 Å². The number of nitrogens with one attached hydrogen (secondary N) is 1. The summed E-state index contributed by atoms with van der Waals surface area (Å²) in [7, 11) is 0. The highest BCUT2D eigenvalue weighted by Gasteiger charge is 2.22. The molecule has 1 aliphatic carbocycles. The van der Waals surface area contributed by atoms with Crippen molar-refractivity contribution in [3.63, 3.8) is 0 Å². The monoisotopic (exact) mass is 373 g/mol. The normalized spacial score (nSPS) is 22.8. The summed E-state index contributed by atoms with van der Waals surface area (Å²) in [6.07, 6.45) is 4.80. The number of carbonyl (C=O) groups excluding carboxylic acids is 1. The molecule has 0 radical (unpaired) electrons. The van der Waals surface area contributed by atoms with Crippen molar-refractivity contribution in [1.29, 1.82) is 0 Å². The molecule has 1 aromatic carbocycles. The minimum atomic E-state index is -0.0154. The van der Waals surface area contributed by atoms with E-state index in [4.69, 9.17) is 4.74 Å². The van der Waals surface area contributed by atoms with Crippen LogP contribution < -0.4 is 10.1 Å². The van der Waals surface area contributed by atoms with Crippen molar-refractivity contribution in [2.24, 2.45) is 5.92 Å². The first kappa shape index (κ1) is 14.6. The van der Waals surface area contributed by atoms with E-state index in [1.807, 2.05) is 24.3 Å². The molecular weight excluding hydrogens is 353 g/mol. The molecule has 2 unspecified atom stereocenters. The van der Waals surface area contributed by atoms with Gasteiger partial charge in [-0.3, -0.25) is 4.79 Å². The molecule has 4 heteroatoms. The Labute approximate surface area is 128 Å². The van der Waals surface area contributed by atoms with Crippen LogP contribution in [0.1, 0.15) is 32.6 Å². The molecule has 1 fully saturated rings. The van der Waals surface area contributed by atoms with Crippen molar-refractivity contribution in [2.45, 2.75) is 38.6 Å². The van der Waals surface area contributed by atoms with Gasteiger partial charge in [-0.1, -0.05) is 31.9 Å². The molecule has 2 atom stereocenters.